The molecule has 0 saturated heterocycles. The molecule has 0 rings (SSSR count). The summed E-state index contributed by atoms with van der Waals surface area (Å²) in [7, 11) is 0. The van der Waals surface area contributed by atoms with Gasteiger partial charge in [0.2, 0.25) is 0 Å². The molecule has 0 bridgehead atoms. The highest BCUT2D eigenvalue weighted by Gasteiger charge is 2.36. The quantitative estimate of drug-likeness (QED) is 0.532. The third-order valence-electron chi connectivity index (χ3n) is 2.52. The Labute approximate surface area is 107 Å². The lowest BCUT2D eigenvalue weighted by atomic mass is 9.89. The van der Waals surface area contributed by atoms with Crippen LogP contribution in [0, 0.1) is 5.41 Å². The van der Waals surface area contributed by atoms with E-state index in [4.69, 9.17) is 9.84 Å². The molecule has 0 saturated carbocycles. The van der Waals surface area contributed by atoms with Gasteiger partial charge in [0.1, 0.15) is 5.41 Å². The SMILES string of the molecule is CCOC(=O)C(C)(C)C(=O)CSC(C)CCO. The van der Waals surface area contributed by atoms with E-state index in [9.17, 15) is 9.59 Å². The monoisotopic (exact) mass is 262 g/mol. The number of aliphatic hydroxyl groups excluding tert-OH is 1. The molecule has 0 radical (unpaired) electrons. The number of Topliss-reactive ketones (excluding diaryl/α,β-unsaturated/α-hetero) is 1. The number of hydrogen-bond acceptors (Lipinski definition) is 5. The highest BCUT2D eigenvalue weighted by Crippen LogP contribution is 2.23. The van der Waals surface area contributed by atoms with Gasteiger partial charge in [-0.25, -0.2) is 0 Å². The molecule has 0 aliphatic rings. The van der Waals surface area contributed by atoms with Crippen LogP contribution in [0.3, 0.4) is 0 Å². The Morgan fingerprint density at radius 1 is 1.41 bits per heavy atom. The molecular formula is C12H22O4S. The van der Waals surface area contributed by atoms with Crippen molar-refractivity contribution in [2.45, 2.75) is 39.4 Å². The van der Waals surface area contributed by atoms with Gasteiger partial charge in [0.05, 0.1) is 12.4 Å². The lowest BCUT2D eigenvalue weighted by Gasteiger charge is -2.21. The zero-order valence-electron chi connectivity index (χ0n) is 11.0. The zero-order valence-corrected chi connectivity index (χ0v) is 11.8. The molecule has 5 heteroatoms. The zero-order chi connectivity index (χ0) is 13.5. The molecule has 17 heavy (non-hydrogen) atoms. The van der Waals surface area contributed by atoms with E-state index in [1.165, 1.54) is 11.8 Å². The van der Waals surface area contributed by atoms with Crippen LogP contribution < -0.4 is 0 Å². The van der Waals surface area contributed by atoms with E-state index in [0.29, 0.717) is 6.42 Å². The molecule has 1 atom stereocenters. The van der Waals surface area contributed by atoms with Gasteiger partial charge in [-0.2, -0.15) is 11.8 Å². The van der Waals surface area contributed by atoms with Gasteiger partial charge >= 0.3 is 5.97 Å². The molecule has 0 heterocycles. The van der Waals surface area contributed by atoms with Crippen LogP contribution in [-0.2, 0) is 14.3 Å². The van der Waals surface area contributed by atoms with Gasteiger partial charge in [-0.1, -0.05) is 6.92 Å². The number of carbonyl (C=O) groups excluding carboxylic acids is 2. The summed E-state index contributed by atoms with van der Waals surface area (Å²) in [5.41, 5.74) is -1.08. The van der Waals surface area contributed by atoms with E-state index in [2.05, 4.69) is 0 Å². The highest BCUT2D eigenvalue weighted by molar-refractivity contribution is 8.00. The second-order valence-corrected chi connectivity index (χ2v) is 5.83. The largest absolute Gasteiger partial charge is 0.465 e. The van der Waals surface area contributed by atoms with Gasteiger partial charge in [0.15, 0.2) is 5.78 Å². The Morgan fingerprint density at radius 3 is 2.47 bits per heavy atom. The van der Waals surface area contributed by atoms with Crippen molar-refractivity contribution in [2.75, 3.05) is 19.0 Å². The number of carbonyl (C=O) groups is 2. The number of ether oxygens (including phenoxy) is 1. The third kappa shape index (κ3) is 5.55. The first-order valence-electron chi connectivity index (χ1n) is 5.79. The number of ketones is 1. The molecular weight excluding hydrogens is 240 g/mol. The summed E-state index contributed by atoms with van der Waals surface area (Å²) in [6.45, 7) is 7.24. The molecule has 0 aliphatic heterocycles. The predicted molar refractivity (Wildman–Crippen MR) is 69.0 cm³/mol. The summed E-state index contributed by atoms with van der Waals surface area (Å²) >= 11 is 1.45. The smallest absolute Gasteiger partial charge is 0.319 e. The van der Waals surface area contributed by atoms with Crippen molar-refractivity contribution in [3.63, 3.8) is 0 Å². The fourth-order valence-corrected chi connectivity index (χ4v) is 2.16. The van der Waals surface area contributed by atoms with Crippen molar-refractivity contribution in [3.05, 3.63) is 0 Å². The normalized spacial score (nSPS) is 13.2. The summed E-state index contributed by atoms with van der Waals surface area (Å²) in [6.07, 6.45) is 0.651. The maximum Gasteiger partial charge on any atom is 0.319 e. The van der Waals surface area contributed by atoms with Gasteiger partial charge in [-0.15, -0.1) is 0 Å². The lowest BCUT2D eigenvalue weighted by molar-refractivity contribution is -0.157. The molecule has 0 fully saturated rings. The van der Waals surface area contributed by atoms with Crippen LogP contribution in [0.4, 0.5) is 0 Å². The summed E-state index contributed by atoms with van der Waals surface area (Å²) in [5, 5.41) is 8.96. The lowest BCUT2D eigenvalue weighted by Crippen LogP contribution is -2.36. The molecule has 0 aromatic rings. The molecule has 4 nitrogen and oxygen atoms in total. The van der Waals surface area contributed by atoms with Crippen molar-refractivity contribution in [1.82, 2.24) is 0 Å². The number of esters is 1. The minimum absolute atomic E-state index is 0.115. The Hall–Kier alpha value is -0.550. The van der Waals surface area contributed by atoms with Crippen LogP contribution in [0.25, 0.3) is 0 Å². The summed E-state index contributed by atoms with van der Waals surface area (Å²) in [5.74, 6) is -0.335. The molecule has 1 N–H and O–H groups in total. The van der Waals surface area contributed by atoms with Crippen LogP contribution in [0.5, 0.6) is 0 Å². The van der Waals surface area contributed by atoms with E-state index in [1.54, 1.807) is 20.8 Å². The van der Waals surface area contributed by atoms with Crippen molar-refractivity contribution in [3.8, 4) is 0 Å². The van der Waals surface area contributed by atoms with Crippen molar-refractivity contribution in [2.24, 2.45) is 5.41 Å². The van der Waals surface area contributed by atoms with Gasteiger partial charge in [-0.05, 0) is 27.2 Å². The Balaban J connectivity index is 4.24. The average molecular weight is 262 g/mol. The fourth-order valence-electron chi connectivity index (χ4n) is 1.09. The number of rotatable bonds is 8. The van der Waals surface area contributed by atoms with Gasteiger partial charge in [0.25, 0.3) is 0 Å². The average Bonchev–Trinajstić information content (AvgIpc) is 2.26. The first-order chi connectivity index (χ1) is 7.86. The van der Waals surface area contributed by atoms with E-state index >= 15 is 0 Å². The Bertz CT molecular complexity index is 263. The van der Waals surface area contributed by atoms with E-state index in [-0.39, 0.29) is 30.0 Å². The van der Waals surface area contributed by atoms with E-state index in [1.807, 2.05) is 6.92 Å². The van der Waals surface area contributed by atoms with Crippen LogP contribution in [0.15, 0.2) is 0 Å². The summed E-state index contributed by atoms with van der Waals surface area (Å²) < 4.78 is 4.87. The molecule has 0 spiro atoms. The van der Waals surface area contributed by atoms with Gasteiger partial charge < -0.3 is 9.84 Å². The minimum atomic E-state index is -1.08. The van der Waals surface area contributed by atoms with Crippen molar-refractivity contribution < 1.29 is 19.4 Å². The second kappa shape index (κ2) is 7.71. The molecule has 0 aliphatic carbocycles. The third-order valence-corrected chi connectivity index (χ3v) is 3.75. The van der Waals surface area contributed by atoms with Crippen LogP contribution in [-0.4, -0.2) is 41.1 Å². The standard InChI is InChI=1S/C12H22O4S/c1-5-16-11(15)12(3,4)10(14)8-17-9(2)6-7-13/h9,13H,5-8H2,1-4H3. The molecule has 0 amide bonds. The molecule has 0 aromatic heterocycles. The van der Waals surface area contributed by atoms with E-state index < -0.39 is 11.4 Å². The first kappa shape index (κ1) is 16.4. The summed E-state index contributed by atoms with van der Waals surface area (Å²) in [4.78, 5) is 23.5. The first-order valence-corrected chi connectivity index (χ1v) is 6.84. The molecule has 1 unspecified atom stereocenters. The number of aliphatic hydroxyl groups is 1. The van der Waals surface area contributed by atoms with Crippen LogP contribution >= 0.6 is 11.8 Å². The highest BCUT2D eigenvalue weighted by atomic mass is 32.2. The maximum absolute atomic E-state index is 11.9. The summed E-state index contributed by atoms with van der Waals surface area (Å²) in [6, 6.07) is 0. The Kier molecular flexibility index (Phi) is 7.46. The van der Waals surface area contributed by atoms with E-state index in [0.717, 1.165) is 0 Å². The molecule has 100 valence electrons. The predicted octanol–water partition coefficient (Wildman–Crippen LogP) is 1.65. The number of thioether (sulfide) groups is 1. The van der Waals surface area contributed by atoms with Crippen LogP contribution in [0.1, 0.15) is 34.1 Å². The second-order valence-electron chi connectivity index (χ2n) is 4.40. The minimum Gasteiger partial charge on any atom is -0.465 e. The van der Waals surface area contributed by atoms with Crippen molar-refractivity contribution >= 4 is 23.5 Å². The fraction of sp³-hybridized carbons (Fsp3) is 0.833. The van der Waals surface area contributed by atoms with Crippen LogP contribution in [0.2, 0.25) is 0 Å². The maximum atomic E-state index is 11.9. The van der Waals surface area contributed by atoms with Gasteiger partial charge in [-0.3, -0.25) is 9.59 Å². The Morgan fingerprint density at radius 2 is 2.00 bits per heavy atom. The topological polar surface area (TPSA) is 63.6 Å². The molecule has 0 aromatic carbocycles. The number of hydrogen-bond donors (Lipinski definition) is 1. The van der Waals surface area contributed by atoms with Crippen molar-refractivity contribution in [1.29, 1.82) is 0 Å². The van der Waals surface area contributed by atoms with Gasteiger partial charge in [0, 0.05) is 11.9 Å².